The molecule has 52 valence electrons. The summed E-state index contributed by atoms with van der Waals surface area (Å²) in [6.45, 7) is 6.31. The molecule has 9 heavy (non-hydrogen) atoms. The Kier molecular flexibility index (Phi) is 4.60. The van der Waals surface area contributed by atoms with E-state index in [4.69, 9.17) is 0 Å². The maximum absolute atomic E-state index is 2.14. The van der Waals surface area contributed by atoms with E-state index in [2.05, 4.69) is 32.3 Å². The summed E-state index contributed by atoms with van der Waals surface area (Å²) in [6, 6.07) is 0. The second kappa shape index (κ2) is 4.68. The van der Waals surface area contributed by atoms with Gasteiger partial charge in [-0.2, -0.15) is 0 Å². The lowest BCUT2D eigenvalue weighted by atomic mass is 10.3. The highest BCUT2D eigenvalue weighted by Crippen LogP contribution is 2.15. The Labute approximate surface area is 62.0 Å². The Hall–Kier alpha value is -0.170. The summed E-state index contributed by atoms with van der Waals surface area (Å²) in [5.41, 5.74) is 1.37. The molecule has 0 aromatic heterocycles. The molecule has 0 aromatic carbocycles. The molecule has 0 aromatic rings. The van der Waals surface area contributed by atoms with Gasteiger partial charge in [0.15, 0.2) is 0 Å². The fraction of sp³-hybridized carbons (Fsp3) is 0.500. The molecule has 0 spiro atoms. The molecule has 0 N–H and O–H groups in total. The molecule has 0 nitrogen and oxygen atoms in total. The van der Waals surface area contributed by atoms with Crippen LogP contribution in [0.3, 0.4) is 0 Å². The Morgan fingerprint density at radius 2 is 1.89 bits per heavy atom. The fourth-order valence-electron chi connectivity index (χ4n) is 0.528. The zero-order chi connectivity index (χ0) is 7.28. The number of rotatable bonds is 2. The first-order valence-electron chi connectivity index (χ1n) is 3.06. The van der Waals surface area contributed by atoms with E-state index in [1.165, 1.54) is 10.5 Å². The van der Waals surface area contributed by atoms with Gasteiger partial charge in [0.1, 0.15) is 0 Å². The van der Waals surface area contributed by atoms with Crippen LogP contribution in [-0.2, 0) is 0 Å². The quantitative estimate of drug-likeness (QED) is 0.533. The third-order valence-electron chi connectivity index (χ3n) is 1.28. The van der Waals surface area contributed by atoms with Crippen LogP contribution < -0.4 is 0 Å². The van der Waals surface area contributed by atoms with E-state index >= 15 is 0 Å². The van der Waals surface area contributed by atoms with E-state index < -0.39 is 0 Å². The standard InChI is InChI=1S/C8H14S/c1-5-6-7(2)8(3)9-4/h5-6H,1-4H3/b6-5-,8-7+. The highest BCUT2D eigenvalue weighted by molar-refractivity contribution is 8.02. The predicted molar refractivity (Wildman–Crippen MR) is 46.7 cm³/mol. The van der Waals surface area contributed by atoms with Gasteiger partial charge >= 0.3 is 0 Å². The van der Waals surface area contributed by atoms with E-state index in [0.717, 1.165) is 0 Å². The van der Waals surface area contributed by atoms with Crippen molar-refractivity contribution in [3.63, 3.8) is 0 Å². The fourth-order valence-corrected chi connectivity index (χ4v) is 0.918. The lowest BCUT2D eigenvalue weighted by Crippen LogP contribution is -1.72. The number of thioether (sulfide) groups is 1. The molecule has 0 fully saturated rings. The van der Waals surface area contributed by atoms with Gasteiger partial charge in [0.2, 0.25) is 0 Å². The maximum atomic E-state index is 2.14. The van der Waals surface area contributed by atoms with Crippen molar-refractivity contribution in [2.45, 2.75) is 20.8 Å². The van der Waals surface area contributed by atoms with E-state index in [-0.39, 0.29) is 0 Å². The summed E-state index contributed by atoms with van der Waals surface area (Å²) in [5.74, 6) is 0. The molecular weight excluding hydrogens is 128 g/mol. The van der Waals surface area contributed by atoms with Crippen molar-refractivity contribution < 1.29 is 0 Å². The summed E-state index contributed by atoms with van der Waals surface area (Å²) >= 11 is 1.80. The molecule has 0 bridgehead atoms. The van der Waals surface area contributed by atoms with Gasteiger partial charge in [0.05, 0.1) is 0 Å². The van der Waals surface area contributed by atoms with Crippen LogP contribution in [0, 0.1) is 0 Å². The average molecular weight is 142 g/mol. The molecule has 0 radical (unpaired) electrons. The second-order valence-electron chi connectivity index (χ2n) is 1.94. The lowest BCUT2D eigenvalue weighted by molar-refractivity contribution is 1.44. The summed E-state index contributed by atoms with van der Waals surface area (Å²) in [4.78, 5) is 1.40. The SMILES string of the molecule is C/C=C\C(C)=C(/C)SC. The van der Waals surface area contributed by atoms with Gasteiger partial charge in [-0.1, -0.05) is 12.2 Å². The van der Waals surface area contributed by atoms with Crippen molar-refractivity contribution in [1.82, 2.24) is 0 Å². The molecule has 0 rings (SSSR count). The van der Waals surface area contributed by atoms with Gasteiger partial charge in [-0.3, -0.25) is 0 Å². The van der Waals surface area contributed by atoms with Gasteiger partial charge in [0, 0.05) is 0 Å². The zero-order valence-corrected chi connectivity index (χ0v) is 7.38. The smallest absolute Gasteiger partial charge is 0.0140 e. The third kappa shape index (κ3) is 3.41. The molecule has 0 saturated carbocycles. The predicted octanol–water partition coefficient (Wildman–Crippen LogP) is 3.22. The van der Waals surface area contributed by atoms with E-state index in [0.29, 0.717) is 0 Å². The van der Waals surface area contributed by atoms with E-state index in [9.17, 15) is 0 Å². The van der Waals surface area contributed by atoms with Gasteiger partial charge < -0.3 is 0 Å². The minimum absolute atomic E-state index is 1.37. The largest absolute Gasteiger partial charge is 0.134 e. The summed E-state index contributed by atoms with van der Waals surface area (Å²) in [7, 11) is 0. The van der Waals surface area contributed by atoms with Crippen molar-refractivity contribution in [2.75, 3.05) is 6.26 Å². The minimum Gasteiger partial charge on any atom is -0.134 e. The topological polar surface area (TPSA) is 0 Å². The van der Waals surface area contributed by atoms with E-state index in [1.54, 1.807) is 11.8 Å². The van der Waals surface area contributed by atoms with Gasteiger partial charge in [-0.05, 0) is 37.5 Å². The molecule has 0 aliphatic heterocycles. The number of allylic oxidation sites excluding steroid dienone is 4. The Bertz CT molecular complexity index is 132. The van der Waals surface area contributed by atoms with Crippen molar-refractivity contribution in [3.8, 4) is 0 Å². The van der Waals surface area contributed by atoms with E-state index in [1.807, 2.05) is 6.92 Å². The maximum Gasteiger partial charge on any atom is -0.0140 e. The number of hydrogen-bond acceptors (Lipinski definition) is 1. The highest BCUT2D eigenvalue weighted by atomic mass is 32.2. The van der Waals surface area contributed by atoms with Crippen molar-refractivity contribution in [1.29, 1.82) is 0 Å². The van der Waals surface area contributed by atoms with Crippen molar-refractivity contribution in [2.24, 2.45) is 0 Å². The first kappa shape index (κ1) is 8.83. The molecule has 0 unspecified atom stereocenters. The number of hydrogen-bond donors (Lipinski definition) is 0. The van der Waals surface area contributed by atoms with Crippen LogP contribution in [-0.4, -0.2) is 6.26 Å². The average Bonchev–Trinajstić information content (AvgIpc) is 1.87. The molecule has 0 atom stereocenters. The normalized spacial score (nSPS) is 14.2. The Balaban J connectivity index is 4.10. The highest BCUT2D eigenvalue weighted by Gasteiger charge is 1.87. The summed E-state index contributed by atoms with van der Waals surface area (Å²) < 4.78 is 0. The van der Waals surface area contributed by atoms with Crippen molar-refractivity contribution in [3.05, 3.63) is 22.6 Å². The first-order valence-corrected chi connectivity index (χ1v) is 4.29. The minimum atomic E-state index is 1.37. The van der Waals surface area contributed by atoms with Crippen LogP contribution in [0.2, 0.25) is 0 Å². The van der Waals surface area contributed by atoms with Crippen LogP contribution in [0.4, 0.5) is 0 Å². The van der Waals surface area contributed by atoms with Crippen LogP contribution in [0.25, 0.3) is 0 Å². The zero-order valence-electron chi connectivity index (χ0n) is 6.56. The van der Waals surface area contributed by atoms with Gasteiger partial charge in [-0.15, -0.1) is 11.8 Å². The van der Waals surface area contributed by atoms with Crippen LogP contribution in [0.5, 0.6) is 0 Å². The summed E-state index contributed by atoms with van der Waals surface area (Å²) in [6.07, 6.45) is 6.29. The first-order chi connectivity index (χ1) is 4.22. The molecular formula is C8H14S. The van der Waals surface area contributed by atoms with Gasteiger partial charge in [-0.25, -0.2) is 0 Å². The molecule has 0 amide bonds. The lowest BCUT2D eigenvalue weighted by Gasteiger charge is -1.96. The molecule has 0 saturated heterocycles. The monoisotopic (exact) mass is 142 g/mol. The second-order valence-corrected chi connectivity index (χ2v) is 2.96. The third-order valence-corrected chi connectivity index (χ3v) is 2.21. The van der Waals surface area contributed by atoms with Crippen LogP contribution >= 0.6 is 11.8 Å². The molecule has 0 aliphatic rings. The van der Waals surface area contributed by atoms with Crippen molar-refractivity contribution >= 4 is 11.8 Å². The van der Waals surface area contributed by atoms with Gasteiger partial charge in [0.25, 0.3) is 0 Å². The molecule has 0 heterocycles. The summed E-state index contributed by atoms with van der Waals surface area (Å²) in [5, 5.41) is 0. The van der Waals surface area contributed by atoms with Crippen LogP contribution in [0.15, 0.2) is 22.6 Å². The molecule has 1 heteroatoms. The van der Waals surface area contributed by atoms with Crippen LogP contribution in [0.1, 0.15) is 20.8 Å². The molecule has 0 aliphatic carbocycles. The Morgan fingerprint density at radius 3 is 2.22 bits per heavy atom. The Morgan fingerprint density at radius 1 is 1.33 bits per heavy atom.